The van der Waals surface area contributed by atoms with Crippen molar-refractivity contribution in [2.75, 3.05) is 0 Å². The van der Waals surface area contributed by atoms with Gasteiger partial charge in [0.1, 0.15) is 0 Å². The monoisotopic (exact) mass is 642 g/mol. The quantitative estimate of drug-likeness (QED) is 0.188. The first-order valence-electron chi connectivity index (χ1n) is 16.9. The van der Waals surface area contributed by atoms with E-state index in [2.05, 4.69) is 140 Å². The van der Waals surface area contributed by atoms with Gasteiger partial charge in [0.2, 0.25) is 0 Å². The van der Waals surface area contributed by atoms with Crippen molar-refractivity contribution in [2.24, 2.45) is 4.99 Å². The predicted octanol–water partition coefficient (Wildman–Crippen LogP) is 10.4. The van der Waals surface area contributed by atoms with Crippen molar-refractivity contribution in [1.29, 1.82) is 0 Å². The van der Waals surface area contributed by atoms with E-state index in [-0.39, 0.29) is 0 Å². The number of pyridine rings is 3. The molecule has 0 saturated heterocycles. The lowest BCUT2D eigenvalue weighted by atomic mass is 9.96. The maximum atomic E-state index is 4.93. The minimum absolute atomic E-state index is 0.835. The van der Waals surface area contributed by atoms with Gasteiger partial charge in [-0.15, -0.1) is 0 Å². The summed E-state index contributed by atoms with van der Waals surface area (Å²) in [4.78, 5) is 18.6. The summed E-state index contributed by atoms with van der Waals surface area (Å²) in [5, 5.41) is 4.72. The third-order valence-electron chi connectivity index (χ3n) is 9.93. The van der Waals surface area contributed by atoms with Crippen LogP contribution in [0, 0.1) is 0 Å². The van der Waals surface area contributed by atoms with Crippen molar-refractivity contribution in [1.82, 2.24) is 24.1 Å². The molecule has 0 amide bonds. The molecule has 6 nitrogen and oxygen atoms in total. The zero-order valence-corrected chi connectivity index (χ0v) is 27.1. The summed E-state index contributed by atoms with van der Waals surface area (Å²) in [7, 11) is 0. The van der Waals surface area contributed by atoms with E-state index in [4.69, 9.17) is 9.98 Å². The lowest BCUT2D eigenvalue weighted by Crippen LogP contribution is -2.07. The number of allylic oxidation sites excluding steroid dienone is 1. The van der Waals surface area contributed by atoms with Gasteiger partial charge in [-0.1, -0.05) is 66.7 Å². The van der Waals surface area contributed by atoms with Crippen LogP contribution >= 0.6 is 0 Å². The van der Waals surface area contributed by atoms with E-state index < -0.39 is 0 Å². The Labute approximate surface area is 288 Å². The number of hydrogen-bond donors (Lipinski definition) is 0. The molecule has 0 fully saturated rings. The normalized spacial score (nSPS) is 13.3. The molecule has 0 saturated carbocycles. The van der Waals surface area contributed by atoms with Gasteiger partial charge in [-0.05, 0) is 84.1 Å². The van der Waals surface area contributed by atoms with E-state index in [1.165, 1.54) is 32.9 Å². The Morgan fingerprint density at radius 1 is 0.460 bits per heavy atom. The van der Waals surface area contributed by atoms with Gasteiger partial charge in [0.25, 0.3) is 0 Å². The molecule has 0 spiro atoms. The number of para-hydroxylation sites is 2. The minimum Gasteiger partial charge on any atom is -0.309 e. The van der Waals surface area contributed by atoms with Crippen molar-refractivity contribution in [3.05, 3.63) is 170 Å². The average Bonchev–Trinajstić information content (AvgIpc) is 3.71. The summed E-state index contributed by atoms with van der Waals surface area (Å²) in [5.74, 6) is 0. The first kappa shape index (κ1) is 28.4. The second-order valence-corrected chi connectivity index (χ2v) is 12.8. The van der Waals surface area contributed by atoms with Crippen molar-refractivity contribution in [3.63, 3.8) is 0 Å². The van der Waals surface area contributed by atoms with Crippen LogP contribution in [0.4, 0.5) is 0 Å². The molecule has 1 aliphatic rings. The van der Waals surface area contributed by atoms with Crippen LogP contribution in [0.25, 0.3) is 71.7 Å². The lowest BCUT2D eigenvalue weighted by Gasteiger charge is -2.16. The molecule has 0 aliphatic carbocycles. The lowest BCUT2D eigenvalue weighted by molar-refractivity contribution is 1.06. The van der Waals surface area contributed by atoms with Gasteiger partial charge >= 0.3 is 0 Å². The molecule has 0 radical (unpaired) electrons. The van der Waals surface area contributed by atoms with E-state index in [0.29, 0.717) is 0 Å². The van der Waals surface area contributed by atoms with Gasteiger partial charge in [-0.25, -0.2) is 0 Å². The van der Waals surface area contributed by atoms with Gasteiger partial charge in [0, 0.05) is 75.7 Å². The minimum atomic E-state index is 0.835. The highest BCUT2D eigenvalue weighted by molar-refractivity contribution is 6.10. The highest BCUT2D eigenvalue weighted by Gasteiger charge is 2.17. The third kappa shape index (κ3) is 4.57. The Hall–Kier alpha value is -6.66. The molecule has 0 unspecified atom stereocenters. The molecule has 10 rings (SSSR count). The first-order valence-corrected chi connectivity index (χ1v) is 16.9. The molecule has 50 heavy (non-hydrogen) atoms. The van der Waals surface area contributed by atoms with Gasteiger partial charge < -0.3 is 9.13 Å². The number of hydrogen-bond acceptors (Lipinski definition) is 4. The number of nitrogens with zero attached hydrogens (tertiary/aromatic N) is 6. The van der Waals surface area contributed by atoms with Crippen molar-refractivity contribution in [2.45, 2.75) is 12.8 Å². The fraction of sp³-hybridized carbons (Fsp3) is 0.0455. The summed E-state index contributed by atoms with van der Waals surface area (Å²) < 4.78 is 4.64. The SMILES string of the molecule is C1=C(c2cccc(-n3c4ccccc4c4cnccc43)c2)CCC(c2ccc(-c3cccc(-n4c5ccccc5c5cnccc54)c3)cn2)=N1. The van der Waals surface area contributed by atoms with Crippen LogP contribution in [0.15, 0.2) is 164 Å². The zero-order chi connectivity index (χ0) is 33.0. The molecule has 0 bridgehead atoms. The molecule has 0 atom stereocenters. The van der Waals surface area contributed by atoms with Crippen LogP contribution in [0.3, 0.4) is 0 Å². The standard InChI is InChI=1S/C44H30N6/c1-3-13-41-35(11-1)37-27-45-21-19-43(37)49(41)33-9-5-7-29(23-33)31-15-17-39(47-25-31)40-18-16-32(26-48-40)30-8-6-10-34(24-30)50-42-14-4-2-12-36(42)38-28-46-22-20-44(38)50/h1-15,17,19-28H,16,18H2. The second-order valence-electron chi connectivity index (χ2n) is 12.8. The molecule has 1 aliphatic heterocycles. The number of rotatable bonds is 5. The highest BCUT2D eigenvalue weighted by atomic mass is 15.0. The van der Waals surface area contributed by atoms with E-state index >= 15 is 0 Å². The first-order chi connectivity index (χ1) is 24.8. The third-order valence-corrected chi connectivity index (χ3v) is 9.93. The second kappa shape index (κ2) is 11.5. The largest absolute Gasteiger partial charge is 0.309 e. The predicted molar refractivity (Wildman–Crippen MR) is 204 cm³/mol. The van der Waals surface area contributed by atoms with Crippen LogP contribution in [0.2, 0.25) is 0 Å². The summed E-state index contributed by atoms with van der Waals surface area (Å²) >= 11 is 0. The van der Waals surface area contributed by atoms with Crippen molar-refractivity contribution in [3.8, 4) is 22.5 Å². The van der Waals surface area contributed by atoms with Gasteiger partial charge in [-0.3, -0.25) is 19.9 Å². The summed E-state index contributed by atoms with van der Waals surface area (Å²) in [6.07, 6.45) is 13.4. The zero-order valence-electron chi connectivity index (χ0n) is 27.1. The van der Waals surface area contributed by atoms with E-state index in [1.807, 2.05) is 37.2 Å². The Bertz CT molecular complexity index is 2710. The molecule has 236 valence electrons. The van der Waals surface area contributed by atoms with Crippen molar-refractivity contribution >= 4 is 54.9 Å². The maximum absolute atomic E-state index is 4.93. The number of fused-ring (bicyclic) bond motifs is 6. The van der Waals surface area contributed by atoms with Crippen LogP contribution in [-0.4, -0.2) is 29.8 Å². The van der Waals surface area contributed by atoms with Crippen molar-refractivity contribution < 1.29 is 0 Å². The molecule has 6 heteroatoms. The molecule has 6 heterocycles. The number of aromatic nitrogens is 5. The number of benzene rings is 4. The van der Waals surface area contributed by atoms with Crippen LogP contribution < -0.4 is 0 Å². The smallest absolute Gasteiger partial charge is 0.0844 e. The molecular formula is C44H30N6. The molecule has 0 N–H and O–H groups in total. The molecular weight excluding hydrogens is 613 g/mol. The summed E-state index contributed by atoms with van der Waals surface area (Å²) in [6, 6.07) is 42.9. The maximum Gasteiger partial charge on any atom is 0.0844 e. The van der Waals surface area contributed by atoms with E-state index in [1.54, 1.807) is 0 Å². The van der Waals surface area contributed by atoms with Crippen LogP contribution in [0.5, 0.6) is 0 Å². The van der Waals surface area contributed by atoms with Gasteiger partial charge in [0.05, 0.1) is 33.5 Å². The van der Waals surface area contributed by atoms with E-state index in [0.717, 1.165) is 68.6 Å². The van der Waals surface area contributed by atoms with Gasteiger partial charge in [-0.2, -0.15) is 0 Å². The Balaban J connectivity index is 0.943. The molecule has 9 aromatic rings. The van der Waals surface area contributed by atoms with Gasteiger partial charge in [0.15, 0.2) is 0 Å². The summed E-state index contributed by atoms with van der Waals surface area (Å²) in [6.45, 7) is 0. The summed E-state index contributed by atoms with van der Waals surface area (Å²) in [5.41, 5.74) is 13.4. The topological polar surface area (TPSA) is 60.9 Å². The Kier molecular flexibility index (Phi) is 6.52. The Morgan fingerprint density at radius 2 is 1.06 bits per heavy atom. The molecule has 5 aromatic heterocycles. The van der Waals surface area contributed by atoms with Crippen LogP contribution in [-0.2, 0) is 0 Å². The highest BCUT2D eigenvalue weighted by Crippen LogP contribution is 2.35. The fourth-order valence-electron chi connectivity index (χ4n) is 7.54. The Morgan fingerprint density at radius 3 is 1.66 bits per heavy atom. The molecule has 4 aromatic carbocycles. The van der Waals surface area contributed by atoms with Crippen LogP contribution in [0.1, 0.15) is 24.1 Å². The van der Waals surface area contributed by atoms with E-state index in [9.17, 15) is 0 Å². The number of aliphatic imine (C=N–C) groups is 1. The fourth-order valence-corrected chi connectivity index (χ4v) is 7.54. The average molecular weight is 643 g/mol.